The molecule has 0 bridgehead atoms. The zero-order valence-electron chi connectivity index (χ0n) is 17.7. The molecule has 3 aromatic rings. The molecule has 2 heterocycles. The van der Waals surface area contributed by atoms with Crippen LogP contribution in [-0.2, 0) is 13.0 Å². The molecule has 0 aliphatic carbocycles. The minimum absolute atomic E-state index is 0.173. The van der Waals surface area contributed by atoms with Crippen LogP contribution in [0.15, 0.2) is 54.6 Å². The summed E-state index contributed by atoms with van der Waals surface area (Å²) >= 11 is 0. The van der Waals surface area contributed by atoms with Gasteiger partial charge in [0.1, 0.15) is 0 Å². The van der Waals surface area contributed by atoms with Gasteiger partial charge in [0, 0.05) is 42.8 Å². The number of carbonyl (C=O) groups excluding carboxylic acids is 1. The van der Waals surface area contributed by atoms with E-state index in [4.69, 9.17) is 0 Å². The first-order valence-electron chi connectivity index (χ1n) is 10.6. The lowest BCUT2D eigenvalue weighted by molar-refractivity contribution is -0.00241. The molecule has 2 N–H and O–H groups in total. The van der Waals surface area contributed by atoms with Crippen molar-refractivity contribution in [3.05, 3.63) is 77.0 Å². The lowest BCUT2D eigenvalue weighted by atomic mass is 9.95. The van der Waals surface area contributed by atoms with Crippen LogP contribution in [0.5, 0.6) is 0 Å². The van der Waals surface area contributed by atoms with Crippen molar-refractivity contribution in [1.82, 2.24) is 15.2 Å². The number of hydrogen-bond acceptors (Lipinski definition) is 4. The maximum Gasteiger partial charge on any atom is 0.251 e. The Morgan fingerprint density at radius 1 is 1.17 bits per heavy atom. The Labute approximate surface area is 177 Å². The van der Waals surface area contributed by atoms with Gasteiger partial charge in [0.25, 0.3) is 5.91 Å². The molecule has 1 aliphatic rings. The van der Waals surface area contributed by atoms with E-state index in [0.29, 0.717) is 18.5 Å². The first-order valence-corrected chi connectivity index (χ1v) is 10.6. The van der Waals surface area contributed by atoms with Crippen LogP contribution in [-0.4, -0.2) is 46.1 Å². The molecule has 0 radical (unpaired) electrons. The standard InChI is InChI=1S/C25H29N3O2/c1-3-25(30,17-28-13-12-19-6-4-5-7-22(19)15-28)16-26-24(29)21-10-11-23-20(14-21)9-8-18(2)27-23/h4-11,14,30H,3,12-13,15-17H2,1-2H3,(H,26,29). The van der Waals surface area contributed by atoms with E-state index >= 15 is 0 Å². The number of hydrogen-bond donors (Lipinski definition) is 2. The number of aliphatic hydroxyl groups is 1. The Hall–Kier alpha value is -2.76. The lowest BCUT2D eigenvalue weighted by Crippen LogP contribution is -2.51. The molecule has 4 rings (SSSR count). The van der Waals surface area contributed by atoms with Gasteiger partial charge in [-0.3, -0.25) is 14.7 Å². The Morgan fingerprint density at radius 2 is 1.97 bits per heavy atom. The number of aromatic nitrogens is 1. The molecular weight excluding hydrogens is 374 g/mol. The van der Waals surface area contributed by atoms with Crippen LogP contribution in [0.3, 0.4) is 0 Å². The molecule has 1 aliphatic heterocycles. The van der Waals surface area contributed by atoms with E-state index in [0.717, 1.165) is 36.1 Å². The van der Waals surface area contributed by atoms with Crippen LogP contribution in [0.4, 0.5) is 0 Å². The molecule has 2 aromatic carbocycles. The largest absolute Gasteiger partial charge is 0.387 e. The minimum atomic E-state index is -0.961. The van der Waals surface area contributed by atoms with Crippen LogP contribution in [0.1, 0.15) is 40.5 Å². The summed E-state index contributed by atoms with van der Waals surface area (Å²) in [5.41, 5.74) is 4.17. The lowest BCUT2D eigenvalue weighted by Gasteiger charge is -2.36. The molecule has 1 aromatic heterocycles. The molecule has 0 saturated heterocycles. The highest BCUT2D eigenvalue weighted by Gasteiger charge is 2.30. The van der Waals surface area contributed by atoms with Crippen molar-refractivity contribution in [3.63, 3.8) is 0 Å². The molecule has 5 heteroatoms. The third kappa shape index (κ3) is 4.53. The van der Waals surface area contributed by atoms with Gasteiger partial charge in [0.05, 0.1) is 11.1 Å². The van der Waals surface area contributed by atoms with Crippen LogP contribution in [0.25, 0.3) is 10.9 Å². The monoisotopic (exact) mass is 403 g/mol. The summed E-state index contributed by atoms with van der Waals surface area (Å²) in [4.78, 5) is 19.5. The van der Waals surface area contributed by atoms with Crippen molar-refractivity contribution < 1.29 is 9.90 Å². The highest BCUT2D eigenvalue weighted by Crippen LogP contribution is 2.22. The topological polar surface area (TPSA) is 65.5 Å². The summed E-state index contributed by atoms with van der Waals surface area (Å²) in [6, 6.07) is 17.9. The number of pyridine rings is 1. The second kappa shape index (κ2) is 8.54. The SMILES string of the molecule is CCC(O)(CNC(=O)c1ccc2nc(C)ccc2c1)CN1CCc2ccccc2C1. The summed E-state index contributed by atoms with van der Waals surface area (Å²) in [6.45, 7) is 6.44. The van der Waals surface area contributed by atoms with Crippen LogP contribution in [0.2, 0.25) is 0 Å². The number of β-amino-alcohol motifs (C(OH)–C–C–N with tert-alkyl or cyclic N) is 1. The third-order valence-electron chi connectivity index (χ3n) is 6.05. The predicted molar refractivity (Wildman–Crippen MR) is 119 cm³/mol. The zero-order valence-corrected chi connectivity index (χ0v) is 17.7. The first-order chi connectivity index (χ1) is 14.5. The number of fused-ring (bicyclic) bond motifs is 2. The second-order valence-electron chi connectivity index (χ2n) is 8.35. The molecule has 5 nitrogen and oxygen atoms in total. The maximum absolute atomic E-state index is 12.7. The maximum atomic E-state index is 12.7. The molecule has 0 fully saturated rings. The molecule has 156 valence electrons. The van der Waals surface area contributed by atoms with E-state index < -0.39 is 5.60 Å². The van der Waals surface area contributed by atoms with E-state index in [9.17, 15) is 9.90 Å². The normalized spacial score (nSPS) is 16.1. The average Bonchev–Trinajstić information content (AvgIpc) is 2.77. The van der Waals surface area contributed by atoms with Crippen molar-refractivity contribution in [2.75, 3.05) is 19.6 Å². The number of carbonyl (C=O) groups is 1. The number of nitrogens with zero attached hydrogens (tertiary/aromatic N) is 2. The van der Waals surface area contributed by atoms with Gasteiger partial charge in [0.15, 0.2) is 0 Å². The first kappa shape index (κ1) is 20.5. The molecule has 0 saturated carbocycles. The fourth-order valence-electron chi connectivity index (χ4n) is 4.11. The summed E-state index contributed by atoms with van der Waals surface area (Å²) < 4.78 is 0. The van der Waals surface area contributed by atoms with Crippen molar-refractivity contribution >= 4 is 16.8 Å². The van der Waals surface area contributed by atoms with Crippen molar-refractivity contribution in [1.29, 1.82) is 0 Å². The number of amides is 1. The van der Waals surface area contributed by atoms with E-state index in [1.54, 1.807) is 6.07 Å². The van der Waals surface area contributed by atoms with Crippen molar-refractivity contribution in [2.45, 2.75) is 38.8 Å². The number of benzene rings is 2. The highest BCUT2D eigenvalue weighted by atomic mass is 16.3. The van der Waals surface area contributed by atoms with Crippen molar-refractivity contribution in [3.8, 4) is 0 Å². The van der Waals surface area contributed by atoms with Gasteiger partial charge >= 0.3 is 0 Å². The van der Waals surface area contributed by atoms with Crippen LogP contribution in [0, 0.1) is 6.92 Å². The fourth-order valence-corrected chi connectivity index (χ4v) is 4.11. The van der Waals surface area contributed by atoms with Gasteiger partial charge in [-0.1, -0.05) is 37.3 Å². The van der Waals surface area contributed by atoms with E-state index in [1.165, 1.54) is 11.1 Å². The van der Waals surface area contributed by atoms with Gasteiger partial charge in [-0.2, -0.15) is 0 Å². The number of aryl methyl sites for hydroxylation is 1. The van der Waals surface area contributed by atoms with Gasteiger partial charge in [0.2, 0.25) is 0 Å². The van der Waals surface area contributed by atoms with Gasteiger partial charge in [-0.25, -0.2) is 0 Å². The average molecular weight is 404 g/mol. The summed E-state index contributed by atoms with van der Waals surface area (Å²) in [5.74, 6) is -0.173. The molecular formula is C25H29N3O2. The summed E-state index contributed by atoms with van der Waals surface area (Å²) in [6.07, 6.45) is 1.57. The van der Waals surface area contributed by atoms with E-state index in [-0.39, 0.29) is 12.5 Å². The highest BCUT2D eigenvalue weighted by molar-refractivity contribution is 5.97. The van der Waals surface area contributed by atoms with E-state index in [2.05, 4.69) is 39.5 Å². The van der Waals surface area contributed by atoms with Gasteiger partial charge < -0.3 is 10.4 Å². The Kier molecular flexibility index (Phi) is 5.84. The smallest absolute Gasteiger partial charge is 0.251 e. The number of nitrogens with one attached hydrogen (secondary N) is 1. The van der Waals surface area contributed by atoms with Gasteiger partial charge in [-0.15, -0.1) is 0 Å². The minimum Gasteiger partial charge on any atom is -0.387 e. The van der Waals surface area contributed by atoms with E-state index in [1.807, 2.05) is 38.1 Å². The molecule has 0 spiro atoms. The Balaban J connectivity index is 1.39. The Morgan fingerprint density at radius 3 is 2.77 bits per heavy atom. The molecule has 1 unspecified atom stereocenters. The number of rotatable bonds is 6. The van der Waals surface area contributed by atoms with Crippen LogP contribution < -0.4 is 5.32 Å². The van der Waals surface area contributed by atoms with Crippen LogP contribution >= 0.6 is 0 Å². The summed E-state index contributed by atoms with van der Waals surface area (Å²) in [7, 11) is 0. The third-order valence-corrected chi connectivity index (χ3v) is 6.05. The molecule has 1 atom stereocenters. The quantitative estimate of drug-likeness (QED) is 0.661. The van der Waals surface area contributed by atoms with Gasteiger partial charge in [-0.05, 0) is 55.2 Å². The fraction of sp³-hybridized carbons (Fsp3) is 0.360. The van der Waals surface area contributed by atoms with Crippen molar-refractivity contribution in [2.24, 2.45) is 0 Å². The summed E-state index contributed by atoms with van der Waals surface area (Å²) in [5, 5.41) is 15.0. The predicted octanol–water partition coefficient (Wildman–Crippen LogP) is 3.47. The molecule has 1 amide bonds. The molecule has 30 heavy (non-hydrogen) atoms. The second-order valence-corrected chi connectivity index (χ2v) is 8.35. The zero-order chi connectivity index (χ0) is 21.1. The Bertz CT molecular complexity index is 1070.